The topological polar surface area (TPSA) is 24.1 Å². The first-order valence-corrected chi connectivity index (χ1v) is 4.98. The van der Waals surface area contributed by atoms with E-state index >= 15 is 0 Å². The van der Waals surface area contributed by atoms with Crippen LogP contribution in [0.3, 0.4) is 0 Å². The van der Waals surface area contributed by atoms with Crippen LogP contribution in [0, 0.1) is 0 Å². The zero-order valence-corrected chi connectivity index (χ0v) is 8.40. The largest absolute Gasteiger partial charge is 0.313 e. The number of hydrogen-bond donors (Lipinski definition) is 2. The maximum Gasteiger partial charge on any atom is 0.0135 e. The fourth-order valence-corrected chi connectivity index (χ4v) is 0.891. The van der Waals surface area contributed by atoms with Gasteiger partial charge in [-0.2, -0.15) is 0 Å². The van der Waals surface area contributed by atoms with Crippen LogP contribution in [0.5, 0.6) is 0 Å². The van der Waals surface area contributed by atoms with E-state index in [9.17, 15) is 0 Å². The maximum absolute atomic E-state index is 3.31. The number of nitrogens with one attached hydrogen (secondary N) is 2. The molecule has 12 heavy (non-hydrogen) atoms. The van der Waals surface area contributed by atoms with Gasteiger partial charge in [-0.1, -0.05) is 26.0 Å². The van der Waals surface area contributed by atoms with Crippen molar-refractivity contribution in [1.29, 1.82) is 0 Å². The summed E-state index contributed by atoms with van der Waals surface area (Å²) in [5, 5.41) is 6.62. The third-order valence-corrected chi connectivity index (χ3v) is 1.54. The molecule has 0 saturated carbocycles. The highest BCUT2D eigenvalue weighted by atomic mass is 14.8. The van der Waals surface area contributed by atoms with Gasteiger partial charge < -0.3 is 10.6 Å². The molecule has 0 bridgehead atoms. The van der Waals surface area contributed by atoms with Crippen molar-refractivity contribution in [2.24, 2.45) is 0 Å². The molecule has 0 radical (unpaired) electrons. The van der Waals surface area contributed by atoms with Crippen LogP contribution in [0.1, 0.15) is 26.7 Å². The lowest BCUT2D eigenvalue weighted by molar-refractivity contribution is 0.716. The zero-order chi connectivity index (χ0) is 9.07. The summed E-state index contributed by atoms with van der Waals surface area (Å²) < 4.78 is 0. The Hall–Kier alpha value is -0.340. The van der Waals surface area contributed by atoms with Crippen LogP contribution in [0.2, 0.25) is 0 Å². The van der Waals surface area contributed by atoms with E-state index in [1.54, 1.807) is 0 Å². The van der Waals surface area contributed by atoms with E-state index in [0.29, 0.717) is 0 Å². The van der Waals surface area contributed by atoms with Gasteiger partial charge in [-0.3, -0.25) is 0 Å². The average Bonchev–Trinajstić information content (AvgIpc) is 2.10. The highest BCUT2D eigenvalue weighted by Gasteiger charge is 1.79. The summed E-state index contributed by atoms with van der Waals surface area (Å²) in [6.07, 6.45) is 6.78. The molecule has 0 atom stereocenters. The van der Waals surface area contributed by atoms with Crippen LogP contribution in [-0.4, -0.2) is 26.2 Å². The molecule has 0 aliphatic rings. The molecule has 0 rings (SSSR count). The van der Waals surface area contributed by atoms with Crippen molar-refractivity contribution >= 4 is 0 Å². The number of hydrogen-bond acceptors (Lipinski definition) is 2. The Kier molecular flexibility index (Phi) is 10.4. The summed E-state index contributed by atoms with van der Waals surface area (Å²) in [6, 6.07) is 0. The summed E-state index contributed by atoms with van der Waals surface area (Å²) in [6.45, 7) is 8.60. The molecule has 0 saturated heterocycles. The molecular weight excluding hydrogens is 148 g/mol. The van der Waals surface area contributed by atoms with E-state index < -0.39 is 0 Å². The van der Waals surface area contributed by atoms with Gasteiger partial charge in [0.05, 0.1) is 0 Å². The van der Waals surface area contributed by atoms with Crippen molar-refractivity contribution < 1.29 is 0 Å². The highest BCUT2D eigenvalue weighted by molar-refractivity contribution is 4.85. The molecule has 0 aromatic carbocycles. The van der Waals surface area contributed by atoms with Crippen LogP contribution in [0.25, 0.3) is 0 Å². The Balaban J connectivity index is 2.93. The predicted molar refractivity (Wildman–Crippen MR) is 55.5 cm³/mol. The van der Waals surface area contributed by atoms with E-state index in [0.717, 1.165) is 26.2 Å². The molecule has 0 unspecified atom stereocenters. The van der Waals surface area contributed by atoms with Gasteiger partial charge in [0.2, 0.25) is 0 Å². The monoisotopic (exact) mass is 170 g/mol. The standard InChI is InChI=1S/C10H22N2/c1-3-7-11-9-5-6-10-12-8-4-2/h5-6,11-12H,3-4,7-10H2,1-2H3. The van der Waals surface area contributed by atoms with E-state index in [4.69, 9.17) is 0 Å². The second kappa shape index (κ2) is 10.7. The molecule has 0 aromatic rings. The smallest absolute Gasteiger partial charge is 0.0135 e. The fraction of sp³-hybridized carbons (Fsp3) is 0.800. The van der Waals surface area contributed by atoms with Crippen molar-refractivity contribution in [3.05, 3.63) is 12.2 Å². The lowest BCUT2D eigenvalue weighted by Gasteiger charge is -1.97. The Morgan fingerprint density at radius 1 is 0.833 bits per heavy atom. The third kappa shape index (κ3) is 9.66. The molecule has 0 fully saturated rings. The fourth-order valence-electron chi connectivity index (χ4n) is 0.891. The summed E-state index contributed by atoms with van der Waals surface area (Å²) in [4.78, 5) is 0. The second-order valence-electron chi connectivity index (χ2n) is 2.88. The lowest BCUT2D eigenvalue weighted by atomic mass is 10.4. The minimum Gasteiger partial charge on any atom is -0.313 e. The van der Waals surface area contributed by atoms with Crippen LogP contribution < -0.4 is 10.6 Å². The zero-order valence-electron chi connectivity index (χ0n) is 8.40. The van der Waals surface area contributed by atoms with E-state index in [1.165, 1.54) is 12.8 Å². The average molecular weight is 170 g/mol. The first-order chi connectivity index (χ1) is 5.91. The third-order valence-electron chi connectivity index (χ3n) is 1.54. The highest BCUT2D eigenvalue weighted by Crippen LogP contribution is 1.73. The SMILES string of the molecule is CCCNCC=CCNCCC. The van der Waals surface area contributed by atoms with Gasteiger partial charge in [0.1, 0.15) is 0 Å². The second-order valence-corrected chi connectivity index (χ2v) is 2.88. The van der Waals surface area contributed by atoms with E-state index in [1.807, 2.05) is 0 Å². The van der Waals surface area contributed by atoms with Crippen molar-refractivity contribution in [3.8, 4) is 0 Å². The first kappa shape index (κ1) is 11.7. The molecule has 0 spiro atoms. The van der Waals surface area contributed by atoms with Crippen LogP contribution in [-0.2, 0) is 0 Å². The molecule has 0 heterocycles. The van der Waals surface area contributed by atoms with Crippen LogP contribution in [0.4, 0.5) is 0 Å². The van der Waals surface area contributed by atoms with Gasteiger partial charge in [-0.15, -0.1) is 0 Å². The summed E-state index contributed by atoms with van der Waals surface area (Å²) >= 11 is 0. The quantitative estimate of drug-likeness (QED) is 0.426. The summed E-state index contributed by atoms with van der Waals surface area (Å²) in [7, 11) is 0. The van der Waals surface area contributed by atoms with Gasteiger partial charge in [0, 0.05) is 13.1 Å². The minimum atomic E-state index is 1.00. The van der Waals surface area contributed by atoms with E-state index in [-0.39, 0.29) is 0 Å². The normalized spacial score (nSPS) is 11.2. The van der Waals surface area contributed by atoms with Gasteiger partial charge in [-0.25, -0.2) is 0 Å². The molecule has 72 valence electrons. The molecule has 2 N–H and O–H groups in total. The summed E-state index contributed by atoms with van der Waals surface area (Å²) in [5.74, 6) is 0. The minimum absolute atomic E-state index is 1.00. The summed E-state index contributed by atoms with van der Waals surface area (Å²) in [5.41, 5.74) is 0. The molecule has 0 aromatic heterocycles. The molecule has 0 amide bonds. The van der Waals surface area contributed by atoms with E-state index in [2.05, 4.69) is 36.6 Å². The van der Waals surface area contributed by atoms with Gasteiger partial charge in [-0.05, 0) is 25.9 Å². The molecule has 2 nitrogen and oxygen atoms in total. The van der Waals surface area contributed by atoms with Crippen LogP contribution in [0.15, 0.2) is 12.2 Å². The maximum atomic E-state index is 3.31. The predicted octanol–water partition coefficient (Wildman–Crippen LogP) is 1.54. The van der Waals surface area contributed by atoms with Crippen molar-refractivity contribution in [2.45, 2.75) is 26.7 Å². The Labute approximate surface area is 76.4 Å². The van der Waals surface area contributed by atoms with Crippen molar-refractivity contribution in [3.63, 3.8) is 0 Å². The Bertz CT molecular complexity index is 88.0. The van der Waals surface area contributed by atoms with Crippen molar-refractivity contribution in [2.75, 3.05) is 26.2 Å². The first-order valence-electron chi connectivity index (χ1n) is 4.98. The van der Waals surface area contributed by atoms with Gasteiger partial charge >= 0.3 is 0 Å². The van der Waals surface area contributed by atoms with Crippen molar-refractivity contribution in [1.82, 2.24) is 10.6 Å². The van der Waals surface area contributed by atoms with Crippen LogP contribution >= 0.6 is 0 Å². The number of rotatable bonds is 8. The molecule has 0 aliphatic heterocycles. The molecule has 2 heteroatoms. The Morgan fingerprint density at radius 3 is 1.58 bits per heavy atom. The lowest BCUT2D eigenvalue weighted by Crippen LogP contribution is -2.16. The van der Waals surface area contributed by atoms with Gasteiger partial charge in [0.25, 0.3) is 0 Å². The Morgan fingerprint density at radius 2 is 1.25 bits per heavy atom. The van der Waals surface area contributed by atoms with Gasteiger partial charge in [0.15, 0.2) is 0 Å². The molecular formula is C10H22N2. The molecule has 0 aliphatic carbocycles.